The summed E-state index contributed by atoms with van der Waals surface area (Å²) in [5, 5.41) is 8.05. The summed E-state index contributed by atoms with van der Waals surface area (Å²) in [7, 11) is 0. The minimum absolute atomic E-state index is 0.0803. The normalized spacial score (nSPS) is 17.8. The molecule has 0 unspecified atom stereocenters. The van der Waals surface area contributed by atoms with Crippen molar-refractivity contribution >= 4 is 23.5 Å². The van der Waals surface area contributed by atoms with Gasteiger partial charge in [0.25, 0.3) is 0 Å². The van der Waals surface area contributed by atoms with Crippen molar-refractivity contribution in [1.82, 2.24) is 20.4 Å². The number of imide groups is 1. The van der Waals surface area contributed by atoms with Crippen molar-refractivity contribution in [2.24, 2.45) is 0 Å². The summed E-state index contributed by atoms with van der Waals surface area (Å²) in [4.78, 5) is 40.1. The Morgan fingerprint density at radius 3 is 2.11 bits per heavy atom. The Kier molecular flexibility index (Phi) is 6.64. The summed E-state index contributed by atoms with van der Waals surface area (Å²) in [5.41, 5.74) is 2.88. The number of carbonyl (C=O) groups is 3. The van der Waals surface area contributed by atoms with Gasteiger partial charge >= 0.3 is 6.03 Å². The zero-order valence-electron chi connectivity index (χ0n) is 16.6. The molecule has 2 aliphatic rings. The zero-order chi connectivity index (χ0) is 20.1. The molecule has 0 atom stereocenters. The van der Waals surface area contributed by atoms with Crippen molar-refractivity contribution in [3.05, 3.63) is 29.3 Å². The predicted octanol–water partition coefficient (Wildman–Crippen LogP) is 0.848. The second-order valence-corrected chi connectivity index (χ2v) is 7.70. The van der Waals surface area contributed by atoms with Crippen LogP contribution >= 0.6 is 0 Å². The Labute approximate surface area is 165 Å². The first-order valence-electron chi connectivity index (χ1n) is 9.81. The maximum Gasteiger partial charge on any atom is 0.325 e. The van der Waals surface area contributed by atoms with E-state index in [1.165, 1.54) is 0 Å². The van der Waals surface area contributed by atoms with E-state index in [-0.39, 0.29) is 18.4 Å². The fourth-order valence-electron chi connectivity index (χ4n) is 3.16. The summed E-state index contributed by atoms with van der Waals surface area (Å²) in [5.74, 6) is -0.252. The average molecular weight is 387 g/mol. The number of urea groups is 1. The van der Waals surface area contributed by atoms with Crippen LogP contribution in [0.1, 0.15) is 24.0 Å². The first kappa shape index (κ1) is 20.3. The Morgan fingerprint density at radius 2 is 1.54 bits per heavy atom. The molecule has 1 aromatic rings. The lowest BCUT2D eigenvalue weighted by molar-refractivity contribution is -0.124. The van der Waals surface area contributed by atoms with Crippen LogP contribution in [0.15, 0.2) is 18.2 Å². The summed E-state index contributed by atoms with van der Waals surface area (Å²) < 4.78 is 0. The van der Waals surface area contributed by atoms with E-state index in [9.17, 15) is 14.4 Å². The maximum atomic E-state index is 12.1. The number of amides is 4. The first-order chi connectivity index (χ1) is 13.4. The van der Waals surface area contributed by atoms with Gasteiger partial charge in [-0.25, -0.2) is 4.79 Å². The van der Waals surface area contributed by atoms with Crippen molar-refractivity contribution < 1.29 is 14.4 Å². The van der Waals surface area contributed by atoms with Crippen LogP contribution in [0.2, 0.25) is 0 Å². The quantitative estimate of drug-likeness (QED) is 0.673. The van der Waals surface area contributed by atoms with Crippen molar-refractivity contribution in [3.63, 3.8) is 0 Å². The molecule has 4 amide bonds. The van der Waals surface area contributed by atoms with E-state index in [0.29, 0.717) is 31.4 Å². The van der Waals surface area contributed by atoms with Gasteiger partial charge in [0.05, 0.1) is 13.1 Å². The van der Waals surface area contributed by atoms with Crippen LogP contribution in [-0.4, -0.2) is 73.0 Å². The third kappa shape index (κ3) is 6.31. The summed E-state index contributed by atoms with van der Waals surface area (Å²) in [6.07, 6.45) is 2.18. The minimum Gasteiger partial charge on any atom is -0.352 e. The molecule has 1 saturated carbocycles. The van der Waals surface area contributed by atoms with Gasteiger partial charge in [-0.1, -0.05) is 6.07 Å². The van der Waals surface area contributed by atoms with Gasteiger partial charge in [-0.2, -0.15) is 0 Å². The van der Waals surface area contributed by atoms with Crippen LogP contribution in [-0.2, 0) is 9.59 Å². The third-order valence-electron chi connectivity index (χ3n) is 5.16. The predicted molar refractivity (Wildman–Crippen MR) is 107 cm³/mol. The minimum atomic E-state index is -0.524. The highest BCUT2D eigenvalue weighted by atomic mass is 16.2. The van der Waals surface area contributed by atoms with Crippen molar-refractivity contribution in [2.75, 3.05) is 44.6 Å². The molecule has 0 spiro atoms. The Balaban J connectivity index is 1.35. The topological polar surface area (TPSA) is 93.8 Å². The third-order valence-corrected chi connectivity index (χ3v) is 5.16. The fraction of sp³-hybridized carbons (Fsp3) is 0.550. The highest BCUT2D eigenvalue weighted by molar-refractivity contribution is 6.01. The molecule has 1 saturated heterocycles. The molecule has 0 radical (unpaired) electrons. The van der Waals surface area contributed by atoms with Crippen LogP contribution in [0.4, 0.5) is 10.5 Å². The lowest BCUT2D eigenvalue weighted by Crippen LogP contribution is -2.52. The van der Waals surface area contributed by atoms with Gasteiger partial charge in [-0.15, -0.1) is 0 Å². The van der Waals surface area contributed by atoms with Crippen LogP contribution in [0.3, 0.4) is 0 Å². The number of hydrogen-bond donors (Lipinski definition) is 3. The summed E-state index contributed by atoms with van der Waals surface area (Å²) in [6, 6.07) is 5.47. The highest BCUT2D eigenvalue weighted by Gasteiger charge is 2.25. The van der Waals surface area contributed by atoms with E-state index in [4.69, 9.17) is 0 Å². The zero-order valence-corrected chi connectivity index (χ0v) is 16.6. The van der Waals surface area contributed by atoms with E-state index in [1.54, 1.807) is 0 Å². The molecule has 2 fully saturated rings. The second-order valence-electron chi connectivity index (χ2n) is 7.70. The Morgan fingerprint density at radius 1 is 0.929 bits per heavy atom. The molecule has 1 aromatic carbocycles. The van der Waals surface area contributed by atoms with Crippen molar-refractivity contribution in [3.8, 4) is 0 Å². The van der Waals surface area contributed by atoms with E-state index < -0.39 is 6.03 Å². The van der Waals surface area contributed by atoms with Gasteiger partial charge in [0.2, 0.25) is 11.8 Å². The van der Waals surface area contributed by atoms with Crippen LogP contribution in [0, 0.1) is 13.8 Å². The van der Waals surface area contributed by atoms with Crippen LogP contribution < -0.4 is 16.0 Å². The molecule has 8 heteroatoms. The molecule has 28 heavy (non-hydrogen) atoms. The van der Waals surface area contributed by atoms with Crippen molar-refractivity contribution in [2.45, 2.75) is 32.7 Å². The lowest BCUT2D eigenvalue weighted by Gasteiger charge is -2.33. The largest absolute Gasteiger partial charge is 0.352 e. The molecule has 3 N–H and O–H groups in total. The van der Waals surface area contributed by atoms with Gasteiger partial charge in [0.1, 0.15) is 0 Å². The number of piperazine rings is 1. The summed E-state index contributed by atoms with van der Waals surface area (Å²) >= 11 is 0. The lowest BCUT2D eigenvalue weighted by atomic mass is 10.1. The molecule has 0 bridgehead atoms. The standard InChI is InChI=1S/C20H29N5O3/c1-14-3-4-17(11-15(14)2)22-20(28)23-19(27)13-25-9-7-24(8-10-25)12-18(26)21-16-5-6-16/h3-4,11,16H,5-10,12-13H2,1-2H3,(H,21,26)(H2,22,23,27,28). The number of rotatable bonds is 6. The fourth-order valence-corrected chi connectivity index (χ4v) is 3.16. The monoisotopic (exact) mass is 387 g/mol. The van der Waals surface area contributed by atoms with Crippen molar-refractivity contribution in [1.29, 1.82) is 0 Å². The molecule has 3 rings (SSSR count). The summed E-state index contributed by atoms with van der Waals surface area (Å²) in [6.45, 7) is 7.42. The Hall–Kier alpha value is -2.45. The van der Waals surface area contributed by atoms with Gasteiger partial charge in [0.15, 0.2) is 0 Å². The highest BCUT2D eigenvalue weighted by Crippen LogP contribution is 2.18. The molecule has 152 valence electrons. The van der Waals surface area contributed by atoms with Gasteiger partial charge in [0, 0.05) is 37.9 Å². The molecule has 1 heterocycles. The number of nitrogens with zero attached hydrogens (tertiary/aromatic N) is 2. The van der Waals surface area contributed by atoms with E-state index in [2.05, 4.69) is 20.9 Å². The number of anilines is 1. The smallest absolute Gasteiger partial charge is 0.325 e. The van der Waals surface area contributed by atoms with E-state index in [1.807, 2.05) is 36.9 Å². The number of aryl methyl sites for hydroxylation is 2. The first-order valence-corrected chi connectivity index (χ1v) is 9.81. The number of benzene rings is 1. The van der Waals surface area contributed by atoms with E-state index >= 15 is 0 Å². The van der Waals surface area contributed by atoms with Gasteiger partial charge in [-0.3, -0.25) is 24.7 Å². The van der Waals surface area contributed by atoms with Gasteiger partial charge in [-0.05, 0) is 49.9 Å². The molecular weight excluding hydrogens is 358 g/mol. The van der Waals surface area contributed by atoms with Gasteiger partial charge < -0.3 is 10.6 Å². The van der Waals surface area contributed by atoms with Crippen LogP contribution in [0.5, 0.6) is 0 Å². The average Bonchev–Trinajstić information content (AvgIpc) is 3.43. The van der Waals surface area contributed by atoms with Crippen LogP contribution in [0.25, 0.3) is 0 Å². The maximum absolute atomic E-state index is 12.1. The molecule has 1 aliphatic heterocycles. The second kappa shape index (κ2) is 9.16. The SMILES string of the molecule is Cc1ccc(NC(=O)NC(=O)CN2CCN(CC(=O)NC3CC3)CC2)cc1C. The molecule has 0 aromatic heterocycles. The Bertz CT molecular complexity index is 739. The molecule has 1 aliphatic carbocycles. The number of nitrogens with one attached hydrogen (secondary N) is 3. The molecule has 8 nitrogen and oxygen atoms in total. The molecular formula is C20H29N5O3. The number of hydrogen-bond acceptors (Lipinski definition) is 5. The number of carbonyl (C=O) groups excluding carboxylic acids is 3. The van der Waals surface area contributed by atoms with E-state index in [0.717, 1.165) is 37.1 Å².